The highest BCUT2D eigenvalue weighted by molar-refractivity contribution is 6.09. The van der Waals surface area contributed by atoms with Crippen molar-refractivity contribution in [3.8, 4) is 0 Å². The molecule has 1 heterocycles. The average Bonchev–Trinajstić information content (AvgIpc) is 2.81. The van der Waals surface area contributed by atoms with E-state index in [1.165, 1.54) is 6.07 Å². The monoisotopic (exact) mass is 449 g/mol. The van der Waals surface area contributed by atoms with E-state index in [1.807, 2.05) is 37.3 Å². The summed E-state index contributed by atoms with van der Waals surface area (Å²) in [5, 5.41) is 0. The van der Waals surface area contributed by atoms with Gasteiger partial charge in [0.2, 0.25) is 0 Å². The molecule has 0 aromatic heterocycles. The van der Waals surface area contributed by atoms with E-state index in [2.05, 4.69) is 0 Å². The molecular formula is C27H28FNO4. The molecule has 4 rings (SSSR count). The lowest BCUT2D eigenvalue weighted by atomic mass is 9.69. The van der Waals surface area contributed by atoms with Crippen molar-refractivity contribution in [1.29, 1.82) is 0 Å². The molecule has 1 unspecified atom stereocenters. The van der Waals surface area contributed by atoms with Crippen molar-refractivity contribution >= 4 is 17.5 Å². The van der Waals surface area contributed by atoms with Crippen LogP contribution in [0.4, 0.5) is 4.39 Å². The number of carbonyl (C=O) groups excluding carboxylic acids is 2. The first-order chi connectivity index (χ1) is 16.0. The Morgan fingerprint density at radius 3 is 2.52 bits per heavy atom. The highest BCUT2D eigenvalue weighted by atomic mass is 19.1. The van der Waals surface area contributed by atoms with Crippen LogP contribution < -0.4 is 0 Å². The van der Waals surface area contributed by atoms with Crippen LogP contribution in [-0.2, 0) is 19.1 Å². The second kappa shape index (κ2) is 10.2. The number of ether oxygens (including phenoxy) is 2. The number of aliphatic imine (C=N–C) groups is 1. The van der Waals surface area contributed by atoms with Crippen LogP contribution in [0.15, 0.2) is 70.9 Å². The Kier molecular flexibility index (Phi) is 7.14. The molecule has 0 fully saturated rings. The van der Waals surface area contributed by atoms with Gasteiger partial charge in [0.15, 0.2) is 5.78 Å². The van der Waals surface area contributed by atoms with E-state index in [0.29, 0.717) is 42.0 Å². The number of esters is 1. The number of allylic oxidation sites excluding steroid dienone is 2. The normalized spacial score (nSPS) is 22.6. The predicted octanol–water partition coefficient (Wildman–Crippen LogP) is 4.98. The minimum absolute atomic E-state index is 0.00460. The van der Waals surface area contributed by atoms with Gasteiger partial charge in [-0.1, -0.05) is 48.5 Å². The summed E-state index contributed by atoms with van der Waals surface area (Å²) in [4.78, 5) is 31.3. The predicted molar refractivity (Wildman–Crippen MR) is 124 cm³/mol. The van der Waals surface area contributed by atoms with Crippen LogP contribution in [0.2, 0.25) is 0 Å². The fourth-order valence-corrected chi connectivity index (χ4v) is 4.82. The SMILES string of the molecule is CCOCCOC(=O)C1C(C)=NC2=C(C(=O)C[C@H](c3ccccc3)C2)[C@@H]1c1ccccc1F. The van der Waals surface area contributed by atoms with Crippen molar-refractivity contribution in [2.24, 2.45) is 10.9 Å². The van der Waals surface area contributed by atoms with E-state index < -0.39 is 23.6 Å². The Balaban J connectivity index is 1.72. The molecule has 172 valence electrons. The highest BCUT2D eigenvalue weighted by Gasteiger charge is 2.45. The summed E-state index contributed by atoms with van der Waals surface area (Å²) in [5.41, 5.74) is 3.00. The van der Waals surface area contributed by atoms with Crippen molar-refractivity contribution in [2.75, 3.05) is 19.8 Å². The molecule has 2 aromatic carbocycles. The van der Waals surface area contributed by atoms with E-state index in [9.17, 15) is 14.0 Å². The minimum Gasteiger partial charge on any atom is -0.463 e. The van der Waals surface area contributed by atoms with Gasteiger partial charge >= 0.3 is 5.97 Å². The number of carbonyl (C=O) groups is 2. The zero-order valence-electron chi connectivity index (χ0n) is 18.9. The van der Waals surface area contributed by atoms with Crippen LogP contribution in [0.5, 0.6) is 0 Å². The number of rotatable bonds is 7. The Morgan fingerprint density at radius 1 is 1.06 bits per heavy atom. The summed E-state index contributed by atoms with van der Waals surface area (Å²) < 4.78 is 25.7. The maximum Gasteiger partial charge on any atom is 0.315 e. The van der Waals surface area contributed by atoms with E-state index in [4.69, 9.17) is 14.5 Å². The van der Waals surface area contributed by atoms with Crippen LogP contribution in [0, 0.1) is 11.7 Å². The average molecular weight is 450 g/mol. The van der Waals surface area contributed by atoms with Crippen LogP contribution in [0.1, 0.15) is 49.7 Å². The van der Waals surface area contributed by atoms with Gasteiger partial charge in [0.25, 0.3) is 0 Å². The highest BCUT2D eigenvalue weighted by Crippen LogP contribution is 2.47. The third-order valence-electron chi connectivity index (χ3n) is 6.33. The molecule has 0 saturated carbocycles. The number of halogens is 1. The first kappa shape index (κ1) is 23.1. The molecule has 2 aliphatic rings. The molecule has 2 aromatic rings. The molecule has 33 heavy (non-hydrogen) atoms. The molecule has 0 radical (unpaired) electrons. The Bertz CT molecular complexity index is 1090. The number of ketones is 1. The van der Waals surface area contributed by atoms with Gasteiger partial charge in [-0.2, -0.15) is 0 Å². The summed E-state index contributed by atoms with van der Waals surface area (Å²) in [7, 11) is 0. The lowest BCUT2D eigenvalue weighted by Gasteiger charge is -2.36. The van der Waals surface area contributed by atoms with E-state index in [-0.39, 0.29) is 24.9 Å². The molecular weight excluding hydrogens is 421 g/mol. The third-order valence-corrected chi connectivity index (χ3v) is 6.33. The molecule has 6 heteroatoms. The number of hydrogen-bond acceptors (Lipinski definition) is 5. The second-order valence-electron chi connectivity index (χ2n) is 8.39. The molecule has 5 nitrogen and oxygen atoms in total. The number of nitrogens with zero attached hydrogens (tertiary/aromatic N) is 1. The topological polar surface area (TPSA) is 65.0 Å². The molecule has 0 N–H and O–H groups in total. The number of hydrogen-bond donors (Lipinski definition) is 0. The summed E-state index contributed by atoms with van der Waals surface area (Å²) >= 11 is 0. The summed E-state index contributed by atoms with van der Waals surface area (Å²) in [6, 6.07) is 16.2. The van der Waals surface area contributed by atoms with Crippen molar-refractivity contribution in [2.45, 2.75) is 38.5 Å². The maximum absolute atomic E-state index is 15.0. The Hall–Kier alpha value is -3.12. The van der Waals surface area contributed by atoms with Crippen LogP contribution >= 0.6 is 0 Å². The minimum atomic E-state index is -0.862. The zero-order chi connectivity index (χ0) is 23.4. The van der Waals surface area contributed by atoms with Gasteiger partial charge in [-0.05, 0) is 43.4 Å². The smallest absolute Gasteiger partial charge is 0.315 e. The van der Waals surface area contributed by atoms with Gasteiger partial charge in [0.1, 0.15) is 18.3 Å². The molecule has 0 amide bonds. The van der Waals surface area contributed by atoms with Crippen molar-refractivity contribution in [3.05, 3.63) is 82.8 Å². The zero-order valence-corrected chi connectivity index (χ0v) is 18.9. The van der Waals surface area contributed by atoms with Crippen LogP contribution in [0.25, 0.3) is 0 Å². The first-order valence-electron chi connectivity index (χ1n) is 11.4. The van der Waals surface area contributed by atoms with Gasteiger partial charge in [0, 0.05) is 35.9 Å². The molecule has 0 spiro atoms. The summed E-state index contributed by atoms with van der Waals surface area (Å²) in [6.07, 6.45) is 0.869. The fraction of sp³-hybridized carbons (Fsp3) is 0.370. The Morgan fingerprint density at radius 2 is 1.79 bits per heavy atom. The van der Waals surface area contributed by atoms with Crippen molar-refractivity contribution in [3.63, 3.8) is 0 Å². The van der Waals surface area contributed by atoms with Gasteiger partial charge in [-0.15, -0.1) is 0 Å². The lowest BCUT2D eigenvalue weighted by Crippen LogP contribution is -2.38. The summed E-state index contributed by atoms with van der Waals surface area (Å²) in [5.74, 6) is -2.68. The summed E-state index contributed by atoms with van der Waals surface area (Å²) in [6.45, 7) is 4.51. The standard InChI is InChI=1S/C27H28FNO4/c1-3-32-13-14-33-27(31)24-17(2)29-22-15-19(18-9-5-4-6-10-18)16-23(30)26(22)25(24)20-11-7-8-12-21(20)28/h4-12,19,24-25H,3,13-16H2,1-2H3/t19-,24?,25-/m1/s1. The second-order valence-corrected chi connectivity index (χ2v) is 8.39. The quantitative estimate of drug-likeness (QED) is 0.442. The van der Waals surface area contributed by atoms with Crippen molar-refractivity contribution < 1.29 is 23.5 Å². The molecule has 3 atom stereocenters. The molecule has 0 bridgehead atoms. The van der Waals surface area contributed by atoms with Crippen molar-refractivity contribution in [1.82, 2.24) is 0 Å². The molecule has 0 saturated heterocycles. The molecule has 1 aliphatic carbocycles. The van der Waals surface area contributed by atoms with Crippen LogP contribution in [0.3, 0.4) is 0 Å². The van der Waals surface area contributed by atoms with Gasteiger partial charge < -0.3 is 9.47 Å². The Labute approximate surface area is 193 Å². The van der Waals surface area contributed by atoms with E-state index >= 15 is 0 Å². The van der Waals surface area contributed by atoms with Gasteiger partial charge in [-0.3, -0.25) is 14.6 Å². The number of benzene rings is 2. The third kappa shape index (κ3) is 4.81. The number of Topliss-reactive ketones (excluding diaryl/α,β-unsaturated/α-hetero) is 1. The maximum atomic E-state index is 15.0. The largest absolute Gasteiger partial charge is 0.463 e. The van der Waals surface area contributed by atoms with Gasteiger partial charge in [-0.25, -0.2) is 4.39 Å². The van der Waals surface area contributed by atoms with Crippen LogP contribution in [-0.4, -0.2) is 37.3 Å². The van der Waals surface area contributed by atoms with Gasteiger partial charge in [0.05, 0.1) is 6.61 Å². The molecule has 1 aliphatic heterocycles. The fourth-order valence-electron chi connectivity index (χ4n) is 4.82. The van der Waals surface area contributed by atoms with E-state index in [1.54, 1.807) is 25.1 Å². The van der Waals surface area contributed by atoms with E-state index in [0.717, 1.165) is 5.56 Å². The lowest BCUT2D eigenvalue weighted by molar-refractivity contribution is -0.148. The first-order valence-corrected chi connectivity index (χ1v) is 11.4.